The molecule has 0 aliphatic rings. The van der Waals surface area contributed by atoms with Gasteiger partial charge in [0.25, 0.3) is 11.6 Å². The van der Waals surface area contributed by atoms with E-state index in [1.807, 2.05) is 19.1 Å². The van der Waals surface area contributed by atoms with Gasteiger partial charge in [0.1, 0.15) is 0 Å². The minimum Gasteiger partial charge on any atom is -0.493 e. The quantitative estimate of drug-likeness (QED) is 0.379. The number of carbonyl (C=O) groups is 2. The fourth-order valence-corrected chi connectivity index (χ4v) is 2.57. The summed E-state index contributed by atoms with van der Waals surface area (Å²) in [7, 11) is 1.49. The van der Waals surface area contributed by atoms with Gasteiger partial charge in [-0.15, -0.1) is 0 Å². The molecule has 0 aliphatic heterocycles. The fraction of sp³-hybridized carbons (Fsp3) is 0.238. The van der Waals surface area contributed by atoms with Crippen molar-refractivity contribution in [1.29, 1.82) is 0 Å². The van der Waals surface area contributed by atoms with Crippen LogP contribution in [0, 0.1) is 17.0 Å². The number of esters is 1. The summed E-state index contributed by atoms with van der Waals surface area (Å²) >= 11 is 0. The Morgan fingerprint density at radius 1 is 1.17 bits per heavy atom. The van der Waals surface area contributed by atoms with Crippen LogP contribution in [0.2, 0.25) is 0 Å². The highest BCUT2D eigenvalue weighted by Gasteiger charge is 2.16. The summed E-state index contributed by atoms with van der Waals surface area (Å²) in [6, 6.07) is 9.54. The van der Waals surface area contributed by atoms with Crippen LogP contribution < -0.4 is 14.8 Å². The van der Waals surface area contributed by atoms with E-state index in [9.17, 15) is 19.7 Å². The summed E-state index contributed by atoms with van der Waals surface area (Å²) < 4.78 is 15.5. The first-order valence-corrected chi connectivity index (χ1v) is 8.98. The monoisotopic (exact) mass is 414 g/mol. The van der Waals surface area contributed by atoms with E-state index in [0.29, 0.717) is 17.1 Å². The minimum absolute atomic E-state index is 0.118. The smallest absolute Gasteiger partial charge is 0.344 e. The maximum atomic E-state index is 12.0. The van der Waals surface area contributed by atoms with E-state index in [-0.39, 0.29) is 11.4 Å². The molecule has 158 valence electrons. The zero-order valence-corrected chi connectivity index (χ0v) is 16.8. The van der Waals surface area contributed by atoms with Gasteiger partial charge < -0.3 is 19.5 Å². The molecule has 0 aromatic heterocycles. The number of allylic oxidation sites excluding steroid dienone is 1. The first-order valence-electron chi connectivity index (χ1n) is 8.98. The molecule has 0 unspecified atom stereocenters. The Bertz CT molecular complexity index is 970. The van der Waals surface area contributed by atoms with Crippen LogP contribution in [-0.2, 0) is 14.3 Å². The lowest BCUT2D eigenvalue weighted by atomic mass is 10.1. The third-order valence-electron chi connectivity index (χ3n) is 4.03. The second-order valence-corrected chi connectivity index (χ2v) is 6.11. The van der Waals surface area contributed by atoms with Gasteiger partial charge in [0.2, 0.25) is 0 Å². The van der Waals surface area contributed by atoms with Crippen LogP contribution in [0.3, 0.4) is 0 Å². The van der Waals surface area contributed by atoms with Gasteiger partial charge in [0.15, 0.2) is 24.7 Å². The third-order valence-corrected chi connectivity index (χ3v) is 4.03. The molecule has 0 fully saturated rings. The molecular formula is C21H22N2O7. The maximum absolute atomic E-state index is 12.0. The first-order chi connectivity index (χ1) is 14.3. The zero-order chi connectivity index (χ0) is 22.1. The molecule has 2 aromatic rings. The molecule has 0 spiro atoms. The first kappa shape index (κ1) is 22.4. The highest BCUT2D eigenvalue weighted by molar-refractivity contribution is 5.94. The number of carbonyl (C=O) groups excluding carboxylic acids is 2. The lowest BCUT2D eigenvalue weighted by Gasteiger charge is -2.12. The molecule has 0 saturated carbocycles. The number of ether oxygens (including phenoxy) is 3. The van der Waals surface area contributed by atoms with Crippen molar-refractivity contribution in [2.45, 2.75) is 13.8 Å². The van der Waals surface area contributed by atoms with Gasteiger partial charge in [0.05, 0.1) is 23.3 Å². The maximum Gasteiger partial charge on any atom is 0.344 e. The number of methoxy groups -OCH3 is 1. The summed E-state index contributed by atoms with van der Waals surface area (Å²) in [5, 5.41) is 13.4. The molecule has 9 heteroatoms. The van der Waals surface area contributed by atoms with E-state index in [2.05, 4.69) is 5.32 Å². The number of nitrogens with zero attached hydrogens (tertiary/aromatic N) is 1. The molecule has 0 radical (unpaired) electrons. The Kier molecular flexibility index (Phi) is 7.92. The van der Waals surface area contributed by atoms with E-state index in [0.717, 1.165) is 5.56 Å². The number of hydrogen-bond donors (Lipinski definition) is 1. The van der Waals surface area contributed by atoms with E-state index in [1.165, 1.54) is 32.2 Å². The SMILES string of the molecule is C/C=C/c1ccc(OCC(=O)OCC(=O)Nc2cccc([N+](=O)[O-])c2C)c(OC)c1. The Morgan fingerprint density at radius 3 is 2.60 bits per heavy atom. The van der Waals surface area contributed by atoms with Crippen molar-refractivity contribution in [3.8, 4) is 11.5 Å². The number of nitro groups is 1. The van der Waals surface area contributed by atoms with Crippen molar-refractivity contribution in [1.82, 2.24) is 0 Å². The number of hydrogen-bond acceptors (Lipinski definition) is 7. The van der Waals surface area contributed by atoms with Gasteiger partial charge in [0, 0.05) is 6.07 Å². The summed E-state index contributed by atoms with van der Waals surface area (Å²) in [5.74, 6) is -0.558. The average Bonchev–Trinajstić information content (AvgIpc) is 2.72. The molecule has 2 rings (SSSR count). The number of benzene rings is 2. The number of amides is 1. The Balaban J connectivity index is 1.87. The topological polar surface area (TPSA) is 117 Å². The summed E-state index contributed by atoms with van der Waals surface area (Å²) in [4.78, 5) is 34.3. The van der Waals surface area contributed by atoms with E-state index >= 15 is 0 Å². The van der Waals surface area contributed by atoms with Crippen molar-refractivity contribution in [2.24, 2.45) is 0 Å². The Morgan fingerprint density at radius 2 is 1.93 bits per heavy atom. The van der Waals surface area contributed by atoms with Crippen molar-refractivity contribution in [3.63, 3.8) is 0 Å². The number of rotatable bonds is 9. The van der Waals surface area contributed by atoms with Crippen LogP contribution in [0.1, 0.15) is 18.1 Å². The van der Waals surface area contributed by atoms with Gasteiger partial charge in [-0.2, -0.15) is 0 Å². The predicted octanol–water partition coefficient (Wildman–Crippen LogP) is 3.51. The van der Waals surface area contributed by atoms with E-state index in [4.69, 9.17) is 14.2 Å². The third kappa shape index (κ3) is 6.06. The van der Waals surface area contributed by atoms with Crippen LogP contribution in [0.25, 0.3) is 6.08 Å². The fourth-order valence-electron chi connectivity index (χ4n) is 2.57. The molecule has 1 N–H and O–H groups in total. The van der Waals surface area contributed by atoms with E-state index in [1.54, 1.807) is 18.2 Å². The summed E-state index contributed by atoms with van der Waals surface area (Å²) in [6.07, 6.45) is 3.77. The van der Waals surface area contributed by atoms with Crippen molar-refractivity contribution in [2.75, 3.05) is 25.6 Å². The predicted molar refractivity (Wildman–Crippen MR) is 111 cm³/mol. The van der Waals surface area contributed by atoms with E-state index < -0.39 is 30.0 Å². The molecule has 30 heavy (non-hydrogen) atoms. The number of anilines is 1. The van der Waals surface area contributed by atoms with Crippen molar-refractivity contribution < 1.29 is 28.7 Å². The average molecular weight is 414 g/mol. The molecule has 1 amide bonds. The molecule has 2 aromatic carbocycles. The molecule has 0 heterocycles. The van der Waals surface area contributed by atoms with Gasteiger partial charge in [-0.25, -0.2) is 4.79 Å². The molecular weight excluding hydrogens is 392 g/mol. The molecule has 0 aliphatic carbocycles. The Labute approximate surface area is 173 Å². The summed E-state index contributed by atoms with van der Waals surface area (Å²) in [5.41, 5.74) is 1.37. The van der Waals surface area contributed by atoms with Crippen LogP contribution in [0.5, 0.6) is 11.5 Å². The van der Waals surface area contributed by atoms with Gasteiger partial charge in [-0.1, -0.05) is 24.3 Å². The Hall–Kier alpha value is -3.88. The van der Waals surface area contributed by atoms with Crippen LogP contribution in [-0.4, -0.2) is 37.1 Å². The minimum atomic E-state index is -0.750. The normalized spacial score (nSPS) is 10.5. The molecule has 0 atom stereocenters. The number of nitro benzene ring substituents is 1. The largest absolute Gasteiger partial charge is 0.493 e. The summed E-state index contributed by atoms with van der Waals surface area (Å²) in [6.45, 7) is 2.44. The lowest BCUT2D eigenvalue weighted by molar-refractivity contribution is -0.385. The standard InChI is InChI=1S/C21H22N2O7/c1-4-6-15-9-10-18(19(11-15)28-3)29-13-21(25)30-12-20(24)22-16-7-5-8-17(14(16)2)23(26)27/h4-11H,12-13H2,1-3H3,(H,22,24)/b6-4+. The lowest BCUT2D eigenvalue weighted by Crippen LogP contribution is -2.24. The van der Waals surface area contributed by atoms with Gasteiger partial charge >= 0.3 is 5.97 Å². The second kappa shape index (κ2) is 10.6. The second-order valence-electron chi connectivity index (χ2n) is 6.11. The van der Waals surface area contributed by atoms with Crippen LogP contribution >= 0.6 is 0 Å². The molecule has 9 nitrogen and oxygen atoms in total. The van der Waals surface area contributed by atoms with Crippen LogP contribution in [0.4, 0.5) is 11.4 Å². The highest BCUT2D eigenvalue weighted by Crippen LogP contribution is 2.28. The van der Waals surface area contributed by atoms with Crippen LogP contribution in [0.15, 0.2) is 42.5 Å². The molecule has 0 saturated heterocycles. The highest BCUT2D eigenvalue weighted by atomic mass is 16.6. The number of nitrogens with one attached hydrogen (secondary N) is 1. The molecule has 0 bridgehead atoms. The van der Waals surface area contributed by atoms with Gasteiger partial charge in [-0.3, -0.25) is 14.9 Å². The zero-order valence-electron chi connectivity index (χ0n) is 16.8. The van der Waals surface area contributed by atoms with Gasteiger partial charge in [-0.05, 0) is 37.6 Å². The van der Waals surface area contributed by atoms with Crippen molar-refractivity contribution >= 4 is 29.3 Å². The van der Waals surface area contributed by atoms with Crippen molar-refractivity contribution in [3.05, 3.63) is 63.7 Å².